The zero-order chi connectivity index (χ0) is 101. The molecule has 714 valence electrons. The Bertz CT molecular complexity index is 6930. The largest absolute Gasteiger partial charge is 0.345 e. The van der Waals surface area contributed by atoms with Crippen molar-refractivity contribution in [2.75, 3.05) is 59.7 Å². The Morgan fingerprint density at radius 3 is 0.657 bits per heavy atom. The van der Waals surface area contributed by atoms with E-state index in [0.717, 1.165) is 0 Å². The van der Waals surface area contributed by atoms with Gasteiger partial charge in [-0.2, -0.15) is 0 Å². The normalized spacial score (nSPS) is 13.6. The van der Waals surface area contributed by atoms with E-state index >= 15 is 0 Å². The summed E-state index contributed by atoms with van der Waals surface area (Å²) in [6, 6.07) is 125. The number of hydrogen-bond acceptors (Lipinski definition) is 5. The molecule has 0 atom stereocenters. The molecule has 18 aromatic carbocycles. The topological polar surface area (TPSA) is 16.2 Å². The van der Waals surface area contributed by atoms with Gasteiger partial charge in [-0.25, -0.2) is 0 Å². The van der Waals surface area contributed by atoms with Crippen LogP contribution < -0.4 is 76.4 Å². The van der Waals surface area contributed by atoms with Crippen molar-refractivity contribution in [3.8, 4) is 0 Å². The van der Waals surface area contributed by atoms with Gasteiger partial charge in [0.25, 0.3) is 0 Å². The van der Waals surface area contributed by atoms with Gasteiger partial charge in [-0.05, 0) is 176 Å². The minimum absolute atomic E-state index is 1.32. The van der Waals surface area contributed by atoms with Crippen molar-refractivity contribution in [1.82, 2.24) is 0 Å². The van der Waals surface area contributed by atoms with Gasteiger partial charge in [-0.15, -0.1) is 0 Å². The number of fused-ring (bicyclic) bond motifs is 23. The average Bonchev–Trinajstić information content (AvgIpc) is 0.715. The number of anilines is 10. The number of rotatable bonds is 0. The van der Waals surface area contributed by atoms with Crippen molar-refractivity contribution in [2.45, 2.75) is 204 Å². The minimum atomic E-state index is -1.80. The van der Waals surface area contributed by atoms with E-state index in [1.807, 2.05) is 138 Å². The summed E-state index contributed by atoms with van der Waals surface area (Å²) in [5, 5.41) is 37.2. The summed E-state index contributed by atoms with van der Waals surface area (Å²) in [6.07, 6.45) is 0. The van der Waals surface area contributed by atoms with Crippen molar-refractivity contribution in [3.63, 3.8) is 0 Å². The zero-order valence-corrected chi connectivity index (χ0v) is 95.1. The fraction of sp³-hybridized carbons (Fsp3) is 0.276. The van der Waals surface area contributed by atoms with Crippen LogP contribution in [0.3, 0.4) is 0 Å². The molecular formula is C127H161N5Si5. The van der Waals surface area contributed by atoms with Crippen molar-refractivity contribution >= 4 is 235 Å². The van der Waals surface area contributed by atoms with Crippen molar-refractivity contribution in [1.29, 1.82) is 0 Å². The highest BCUT2D eigenvalue weighted by Gasteiger charge is 2.44. The molecule has 0 N–H and O–H groups in total. The van der Waals surface area contributed by atoms with Crippen molar-refractivity contribution < 1.29 is 0 Å². The van der Waals surface area contributed by atoms with E-state index in [4.69, 9.17) is 0 Å². The van der Waals surface area contributed by atoms with Crippen molar-refractivity contribution in [3.05, 3.63) is 340 Å². The van der Waals surface area contributed by atoms with Gasteiger partial charge in [0, 0.05) is 103 Å². The molecule has 0 saturated heterocycles. The molecule has 5 heterocycles. The average molecular weight is 1900 g/mol. The van der Waals surface area contributed by atoms with Gasteiger partial charge >= 0.3 is 0 Å². The molecule has 5 aliphatic rings. The molecule has 18 aromatic rings. The monoisotopic (exact) mass is 1900 g/mol. The third-order valence-corrected chi connectivity index (χ3v) is 44.7. The Kier molecular flexibility index (Phi) is 38.4. The van der Waals surface area contributed by atoms with E-state index in [1.165, 1.54) is 174 Å². The van der Waals surface area contributed by atoms with Crippen LogP contribution in [-0.4, -0.2) is 75.6 Å². The van der Waals surface area contributed by atoms with Gasteiger partial charge in [0.1, 0.15) is 40.4 Å². The van der Waals surface area contributed by atoms with Gasteiger partial charge in [-0.3, -0.25) is 0 Å². The smallest absolute Gasteiger partial charge is 0.118 e. The van der Waals surface area contributed by atoms with Crippen LogP contribution in [0.25, 0.3) is 86.2 Å². The number of hydrogen-bond donors (Lipinski definition) is 0. The number of nitrogens with zero attached hydrogens (tertiary/aromatic N) is 5. The molecule has 0 aromatic heterocycles. The van der Waals surface area contributed by atoms with E-state index in [2.05, 4.69) is 465 Å². The first-order valence-corrected chi connectivity index (χ1v) is 66.5. The first-order chi connectivity index (χ1) is 66.4. The lowest BCUT2D eigenvalue weighted by molar-refractivity contribution is 1.22. The molecule has 5 aliphatic heterocycles. The lowest BCUT2D eigenvalue weighted by Gasteiger charge is -2.40. The van der Waals surface area contributed by atoms with Crippen LogP contribution in [0.5, 0.6) is 0 Å². The third kappa shape index (κ3) is 20.7. The summed E-state index contributed by atoms with van der Waals surface area (Å²) in [6.45, 7) is 64.9. The van der Waals surface area contributed by atoms with Crippen LogP contribution in [0.4, 0.5) is 56.9 Å². The molecule has 0 unspecified atom stereocenters. The van der Waals surface area contributed by atoms with E-state index in [9.17, 15) is 0 Å². The molecule has 0 radical (unpaired) electrons. The van der Waals surface area contributed by atoms with Gasteiger partial charge in [0.15, 0.2) is 0 Å². The fourth-order valence-electron chi connectivity index (χ4n) is 20.8. The Hall–Kier alpha value is -11.9. The van der Waals surface area contributed by atoms with Crippen molar-refractivity contribution in [2.24, 2.45) is 0 Å². The molecule has 0 fully saturated rings. The maximum absolute atomic E-state index is 2.50. The molecule has 0 saturated carbocycles. The lowest BCUT2D eigenvalue weighted by Crippen LogP contribution is -2.59. The highest BCUT2D eigenvalue weighted by atomic mass is 28.3. The standard InChI is InChI=1S/3C23H21NSi.2C19H19NSi.10C2H6/c1-24-20-14-12-17-9-5-7-11-19(17)23(20)25(2,3)21-15-13-16-8-4-6-10-18(16)22(21)24;1-24-20-14-17-9-4-5-10-18(17)15-22(20)25(2,3)21-13-12-16-8-6-7-11-19(16)23(21)24;1-24-20-13-12-16-8-6-7-11-19(16)23(20)25(2,3)22-15-18-10-5-4-9-17(18)14-21(22)24;1-20-16-10-6-7-11-18(16)21(2,3)19-13-15-9-5-4-8-14(15)12-17(19)20;1-20-16-10-6-7-11-18(16)21(2,3)19-15-9-5-4-8-14(15)12-13-17(19)20;10*1-2/h3*4-15H,1-3H3;2*4-13H,1-3H3;10*1-2H3. The molecule has 5 nitrogen and oxygen atoms in total. The summed E-state index contributed by atoms with van der Waals surface area (Å²) >= 11 is 0. The Labute approximate surface area is 832 Å². The van der Waals surface area contributed by atoms with E-state index in [0.29, 0.717) is 0 Å². The van der Waals surface area contributed by atoms with Crippen LogP contribution in [0.1, 0.15) is 138 Å². The summed E-state index contributed by atoms with van der Waals surface area (Å²) in [4.78, 5) is 11.9. The summed E-state index contributed by atoms with van der Waals surface area (Å²) < 4.78 is 0. The molecule has 23 rings (SSSR count). The highest BCUT2D eigenvalue weighted by molar-refractivity contribution is 7.06. The van der Waals surface area contributed by atoms with Crippen LogP contribution in [-0.2, 0) is 0 Å². The van der Waals surface area contributed by atoms with Gasteiger partial charge in [-0.1, -0.05) is 495 Å². The molecule has 0 aliphatic carbocycles. The van der Waals surface area contributed by atoms with Crippen LogP contribution in [0.15, 0.2) is 340 Å². The first-order valence-electron chi connectivity index (χ1n) is 51.5. The maximum atomic E-state index is 2.50. The zero-order valence-electron chi connectivity index (χ0n) is 90.1. The van der Waals surface area contributed by atoms with Gasteiger partial charge in [0.05, 0.1) is 0 Å². The third-order valence-electron chi connectivity index (χ3n) is 27.1. The highest BCUT2D eigenvalue weighted by Crippen LogP contribution is 2.43. The first kappa shape index (κ1) is 109. The van der Waals surface area contributed by atoms with Crippen LogP contribution in [0, 0.1) is 0 Å². The summed E-state index contributed by atoms with van der Waals surface area (Å²) in [5.41, 5.74) is 13.8. The molecule has 0 bridgehead atoms. The second-order valence-electron chi connectivity index (χ2n) is 35.5. The van der Waals surface area contributed by atoms with Gasteiger partial charge < -0.3 is 24.5 Å². The maximum Gasteiger partial charge on any atom is 0.118 e. The Morgan fingerprint density at radius 2 is 0.328 bits per heavy atom. The fourth-order valence-corrected chi connectivity index (χ4v) is 37.3. The summed E-state index contributed by atoms with van der Waals surface area (Å²) in [5.74, 6) is 0. The predicted molar refractivity (Wildman–Crippen MR) is 642 cm³/mol. The predicted octanol–water partition coefficient (Wildman–Crippen LogP) is 32.4. The Balaban J connectivity index is 0.000000183. The molecule has 10 heteroatoms. The van der Waals surface area contributed by atoms with E-state index in [-0.39, 0.29) is 0 Å². The lowest BCUT2D eigenvalue weighted by atomic mass is 10.1. The molecule has 137 heavy (non-hydrogen) atoms. The SMILES string of the molecule is CC.CC.CC.CC.CC.CC.CC.CC.CC.CC.CN1c2cc3ccccc3cc2[Si](C)(C)c2c1ccc1ccccc21.CN1c2cc3ccccc3cc2[Si](C)(C)c2ccc3ccccc3c21.CN1c2ccc3ccccc3c2[Si](C)(C)c2ccc3ccccc3c21.CN1c2ccccc2[Si](C)(C)c2c1ccc1ccccc21.CN1c2ccccc2[Si](C)(C)c2cc3ccccc3cc21. The molecular weight excluding hydrogens is 1740 g/mol. The minimum Gasteiger partial charge on any atom is -0.345 e. The second kappa shape index (κ2) is 48.4. The quantitative estimate of drug-likeness (QED) is 0.140. The van der Waals surface area contributed by atoms with E-state index < -0.39 is 40.4 Å². The molecule has 0 spiro atoms. The van der Waals surface area contributed by atoms with E-state index in [1.54, 1.807) is 20.7 Å². The number of benzene rings is 18. The van der Waals surface area contributed by atoms with Crippen LogP contribution in [0.2, 0.25) is 65.5 Å². The van der Waals surface area contributed by atoms with Gasteiger partial charge in [0.2, 0.25) is 0 Å². The number of para-hydroxylation sites is 2. The summed E-state index contributed by atoms with van der Waals surface area (Å²) in [7, 11) is 2.39. The molecule has 0 amide bonds. The van der Waals surface area contributed by atoms with Crippen LogP contribution >= 0.6 is 0 Å². The Morgan fingerprint density at radius 1 is 0.139 bits per heavy atom. The second-order valence-corrected chi connectivity index (χ2v) is 57.0.